The van der Waals surface area contributed by atoms with Gasteiger partial charge in [-0.1, -0.05) is 35.5 Å². The van der Waals surface area contributed by atoms with Gasteiger partial charge in [-0.2, -0.15) is 0 Å². The number of hydrogen-bond donors (Lipinski definition) is 1. The van der Waals surface area contributed by atoms with E-state index in [0.29, 0.717) is 0 Å². The summed E-state index contributed by atoms with van der Waals surface area (Å²) in [5, 5.41) is 7.81. The Morgan fingerprint density at radius 3 is 3.05 bits per heavy atom. The monoisotopic (exact) mass is 283 g/mol. The van der Waals surface area contributed by atoms with Crippen molar-refractivity contribution in [3.63, 3.8) is 0 Å². The Balaban J connectivity index is 1.42. The molecule has 0 aliphatic carbocycles. The lowest BCUT2D eigenvalue weighted by Crippen LogP contribution is -2.43. The molecule has 2 aliphatic rings. The third-order valence-electron chi connectivity index (χ3n) is 4.75. The third kappa shape index (κ3) is 2.74. The van der Waals surface area contributed by atoms with Crippen LogP contribution in [0.5, 0.6) is 0 Å². The normalized spacial score (nSPS) is 25.9. The molecule has 2 aliphatic heterocycles. The number of piperidine rings is 1. The second kappa shape index (κ2) is 5.62. The van der Waals surface area contributed by atoms with Crippen LogP contribution in [-0.4, -0.2) is 35.7 Å². The van der Waals surface area contributed by atoms with Crippen LogP contribution in [-0.2, 0) is 6.54 Å². The van der Waals surface area contributed by atoms with Crippen molar-refractivity contribution in [1.29, 1.82) is 0 Å². The lowest BCUT2D eigenvalue weighted by Gasteiger charge is -2.34. The van der Waals surface area contributed by atoms with Crippen LogP contribution in [0.15, 0.2) is 40.9 Å². The molecular weight excluding hydrogens is 262 g/mol. The van der Waals surface area contributed by atoms with Crippen LogP contribution in [0.1, 0.15) is 18.6 Å². The highest BCUT2D eigenvalue weighted by Crippen LogP contribution is 2.26. The molecule has 4 heteroatoms. The van der Waals surface area contributed by atoms with Gasteiger partial charge >= 0.3 is 0 Å². The molecule has 2 aromatic rings. The first-order valence-corrected chi connectivity index (χ1v) is 7.85. The number of nitrogens with one attached hydrogen (secondary N) is 1. The Morgan fingerprint density at radius 2 is 2.14 bits per heavy atom. The molecule has 4 rings (SSSR count). The van der Waals surface area contributed by atoms with Gasteiger partial charge in [0, 0.05) is 30.8 Å². The summed E-state index contributed by atoms with van der Waals surface area (Å²) in [5.41, 5.74) is 2.05. The molecule has 0 amide bonds. The van der Waals surface area contributed by atoms with Crippen molar-refractivity contribution in [2.75, 3.05) is 19.6 Å². The van der Waals surface area contributed by atoms with E-state index in [9.17, 15) is 0 Å². The fraction of sp³-hybridized carbons (Fsp3) is 0.471. The maximum atomic E-state index is 5.53. The number of rotatable bonds is 3. The molecular formula is C17H21N3O. The molecule has 4 nitrogen and oxygen atoms in total. The summed E-state index contributed by atoms with van der Waals surface area (Å²) in [6, 6.07) is 13.0. The molecule has 2 atom stereocenters. The highest BCUT2D eigenvalue weighted by Gasteiger charge is 2.32. The first-order valence-electron chi connectivity index (χ1n) is 7.85. The average molecular weight is 283 g/mol. The number of nitrogens with zero attached hydrogens (tertiary/aromatic N) is 2. The van der Waals surface area contributed by atoms with Crippen LogP contribution in [0, 0.1) is 5.92 Å². The van der Waals surface area contributed by atoms with E-state index in [1.165, 1.54) is 25.9 Å². The second-order valence-corrected chi connectivity index (χ2v) is 6.18. The van der Waals surface area contributed by atoms with E-state index in [2.05, 4.69) is 33.6 Å². The molecule has 1 aromatic heterocycles. The van der Waals surface area contributed by atoms with Crippen molar-refractivity contribution in [2.45, 2.75) is 25.4 Å². The first kappa shape index (κ1) is 13.0. The van der Waals surface area contributed by atoms with Gasteiger partial charge in [0.1, 0.15) is 5.69 Å². The molecule has 21 heavy (non-hydrogen) atoms. The average Bonchev–Trinajstić information content (AvgIpc) is 3.17. The SMILES string of the molecule is c1ccc(-c2cc(CN3CCC4NCCC4C3)on2)cc1. The van der Waals surface area contributed by atoms with Gasteiger partial charge in [-0.3, -0.25) is 4.90 Å². The predicted molar refractivity (Wildman–Crippen MR) is 81.7 cm³/mol. The minimum absolute atomic E-state index is 0.746. The summed E-state index contributed by atoms with van der Waals surface area (Å²) in [4.78, 5) is 2.50. The fourth-order valence-corrected chi connectivity index (χ4v) is 3.62. The highest BCUT2D eigenvalue weighted by atomic mass is 16.5. The maximum Gasteiger partial charge on any atom is 0.151 e. The van der Waals surface area contributed by atoms with E-state index in [4.69, 9.17) is 4.52 Å². The van der Waals surface area contributed by atoms with Crippen molar-refractivity contribution >= 4 is 0 Å². The van der Waals surface area contributed by atoms with Gasteiger partial charge in [-0.15, -0.1) is 0 Å². The Hall–Kier alpha value is -1.65. The van der Waals surface area contributed by atoms with Gasteiger partial charge in [-0.25, -0.2) is 0 Å². The summed E-state index contributed by atoms with van der Waals surface area (Å²) in [7, 11) is 0. The molecule has 0 radical (unpaired) electrons. The van der Waals surface area contributed by atoms with Crippen molar-refractivity contribution in [3.05, 3.63) is 42.2 Å². The zero-order valence-electron chi connectivity index (χ0n) is 12.2. The first-order chi connectivity index (χ1) is 10.4. The number of fused-ring (bicyclic) bond motifs is 1. The smallest absolute Gasteiger partial charge is 0.151 e. The van der Waals surface area contributed by atoms with Gasteiger partial charge in [-0.05, 0) is 25.3 Å². The number of benzene rings is 1. The van der Waals surface area contributed by atoms with Gasteiger partial charge in [0.05, 0.1) is 6.54 Å². The zero-order chi connectivity index (χ0) is 14.1. The van der Waals surface area contributed by atoms with Crippen molar-refractivity contribution in [2.24, 2.45) is 5.92 Å². The van der Waals surface area contributed by atoms with E-state index in [0.717, 1.165) is 42.1 Å². The predicted octanol–water partition coefficient (Wildman–Crippen LogP) is 2.53. The lowest BCUT2D eigenvalue weighted by molar-refractivity contribution is 0.143. The molecule has 3 heterocycles. The van der Waals surface area contributed by atoms with Crippen LogP contribution < -0.4 is 5.32 Å². The van der Waals surface area contributed by atoms with Crippen LogP contribution in [0.3, 0.4) is 0 Å². The Morgan fingerprint density at radius 1 is 1.24 bits per heavy atom. The Bertz CT molecular complexity index is 595. The summed E-state index contributed by atoms with van der Waals surface area (Å²) < 4.78 is 5.53. The quantitative estimate of drug-likeness (QED) is 0.940. The molecule has 110 valence electrons. The zero-order valence-corrected chi connectivity index (χ0v) is 12.2. The topological polar surface area (TPSA) is 41.3 Å². The molecule has 0 saturated carbocycles. The minimum Gasteiger partial charge on any atom is -0.359 e. The fourth-order valence-electron chi connectivity index (χ4n) is 3.62. The molecule has 0 bridgehead atoms. The van der Waals surface area contributed by atoms with E-state index < -0.39 is 0 Å². The standard InChI is InChI=1S/C17H21N3O/c1-2-4-13(5-3-1)17-10-15(21-19-17)12-20-9-7-16-14(11-20)6-8-18-16/h1-5,10,14,16,18H,6-9,11-12H2. The number of hydrogen-bond acceptors (Lipinski definition) is 4. The van der Waals surface area contributed by atoms with Crippen LogP contribution in [0.4, 0.5) is 0 Å². The molecule has 2 unspecified atom stereocenters. The van der Waals surface area contributed by atoms with Crippen LogP contribution in [0.2, 0.25) is 0 Å². The Kier molecular flexibility index (Phi) is 3.49. The minimum atomic E-state index is 0.746. The van der Waals surface area contributed by atoms with E-state index >= 15 is 0 Å². The van der Waals surface area contributed by atoms with E-state index in [1.54, 1.807) is 0 Å². The summed E-state index contributed by atoms with van der Waals surface area (Å²) in [6.45, 7) is 4.39. The van der Waals surface area contributed by atoms with Gasteiger partial charge in [0.15, 0.2) is 5.76 Å². The van der Waals surface area contributed by atoms with Gasteiger partial charge < -0.3 is 9.84 Å². The molecule has 1 N–H and O–H groups in total. The molecule has 1 aromatic carbocycles. The largest absolute Gasteiger partial charge is 0.359 e. The molecule has 0 spiro atoms. The molecule has 2 saturated heterocycles. The highest BCUT2D eigenvalue weighted by molar-refractivity contribution is 5.58. The van der Waals surface area contributed by atoms with Crippen LogP contribution >= 0.6 is 0 Å². The van der Waals surface area contributed by atoms with Crippen molar-refractivity contribution in [3.8, 4) is 11.3 Å². The summed E-state index contributed by atoms with van der Waals surface area (Å²) in [6.07, 6.45) is 2.57. The van der Waals surface area contributed by atoms with Gasteiger partial charge in [0.25, 0.3) is 0 Å². The number of aromatic nitrogens is 1. The molecule has 2 fully saturated rings. The number of likely N-dealkylation sites (tertiary alicyclic amines) is 1. The van der Waals surface area contributed by atoms with Crippen molar-refractivity contribution in [1.82, 2.24) is 15.4 Å². The summed E-state index contributed by atoms with van der Waals surface area (Å²) in [5.74, 6) is 1.79. The maximum absolute atomic E-state index is 5.53. The van der Waals surface area contributed by atoms with E-state index in [1.807, 2.05) is 18.2 Å². The van der Waals surface area contributed by atoms with Crippen LogP contribution in [0.25, 0.3) is 11.3 Å². The lowest BCUT2D eigenvalue weighted by atomic mass is 9.93. The second-order valence-electron chi connectivity index (χ2n) is 6.18. The Labute approximate surface area is 125 Å². The van der Waals surface area contributed by atoms with Gasteiger partial charge in [0.2, 0.25) is 0 Å². The van der Waals surface area contributed by atoms with Crippen molar-refractivity contribution < 1.29 is 4.52 Å². The third-order valence-corrected chi connectivity index (χ3v) is 4.75. The summed E-state index contributed by atoms with van der Waals surface area (Å²) >= 11 is 0. The van der Waals surface area contributed by atoms with E-state index in [-0.39, 0.29) is 0 Å².